The smallest absolute Gasteiger partial charge is 0.355 e. The maximum absolute atomic E-state index is 12.6. The minimum absolute atomic E-state index is 0.123. The lowest BCUT2D eigenvalue weighted by Crippen LogP contribution is -2.34. The number of carbonyl (C=O) groups excluding carboxylic acids is 3. The molecule has 1 heterocycles. The second-order valence-corrected chi connectivity index (χ2v) is 10.1. The molecule has 0 spiro atoms. The maximum atomic E-state index is 12.6. The van der Waals surface area contributed by atoms with E-state index >= 15 is 0 Å². The largest absolute Gasteiger partial charge is 0.422 e. The number of nitrogens with one attached hydrogen (secondary N) is 2. The number of benzene rings is 2. The van der Waals surface area contributed by atoms with Crippen molar-refractivity contribution in [2.45, 2.75) is 58.3 Å². The van der Waals surface area contributed by atoms with Crippen molar-refractivity contribution in [3.05, 3.63) is 64.0 Å². The average molecular weight is 542 g/mol. The standard InChI is InChI=1S/C28H32ClN3O4S/c1-2-3-4-5-6-7-8-13-24(33)30-19-25(34)32-31-18-20-14-16-21(17-15-20)36-28(35)27-26(29)22-11-9-10-12-23(22)37-27/h9-12,14-18H,2-8,13,19H2,1H3,(H,30,33)(H,32,34)/b31-18+. The first-order valence-electron chi connectivity index (χ1n) is 12.6. The Morgan fingerprint density at radius 1 is 0.946 bits per heavy atom. The summed E-state index contributed by atoms with van der Waals surface area (Å²) in [6.45, 7) is 2.07. The lowest BCUT2D eigenvalue weighted by molar-refractivity contribution is -0.126. The van der Waals surface area contributed by atoms with E-state index in [1.54, 1.807) is 24.3 Å². The van der Waals surface area contributed by atoms with Crippen LogP contribution in [-0.2, 0) is 9.59 Å². The molecule has 0 saturated carbocycles. The first-order valence-corrected chi connectivity index (χ1v) is 13.7. The van der Waals surface area contributed by atoms with E-state index in [4.69, 9.17) is 16.3 Å². The Balaban J connectivity index is 1.36. The molecule has 2 aromatic carbocycles. The zero-order chi connectivity index (χ0) is 26.5. The molecule has 37 heavy (non-hydrogen) atoms. The normalized spacial score (nSPS) is 11.1. The molecule has 0 saturated heterocycles. The van der Waals surface area contributed by atoms with Gasteiger partial charge >= 0.3 is 5.97 Å². The molecule has 196 valence electrons. The molecule has 0 aliphatic rings. The molecule has 9 heteroatoms. The van der Waals surface area contributed by atoms with Crippen LogP contribution in [0.3, 0.4) is 0 Å². The zero-order valence-corrected chi connectivity index (χ0v) is 22.5. The molecule has 0 fully saturated rings. The van der Waals surface area contributed by atoms with Gasteiger partial charge in [-0.05, 0) is 42.3 Å². The summed E-state index contributed by atoms with van der Waals surface area (Å²) in [5.41, 5.74) is 3.08. The Kier molecular flexibility index (Phi) is 11.6. The summed E-state index contributed by atoms with van der Waals surface area (Å²) in [5.74, 6) is -0.693. The number of thiophene rings is 1. The third-order valence-corrected chi connectivity index (χ3v) is 7.32. The Labute approximate surface area is 226 Å². The molecule has 1 aromatic heterocycles. The number of carbonyl (C=O) groups is 3. The van der Waals surface area contributed by atoms with Crippen LogP contribution in [0.1, 0.15) is 73.5 Å². The quantitative estimate of drug-likeness (QED) is 0.0802. The minimum atomic E-state index is -0.520. The van der Waals surface area contributed by atoms with Crippen LogP contribution in [0.2, 0.25) is 5.02 Å². The summed E-state index contributed by atoms with van der Waals surface area (Å²) in [7, 11) is 0. The van der Waals surface area contributed by atoms with E-state index in [-0.39, 0.29) is 12.5 Å². The van der Waals surface area contributed by atoms with Gasteiger partial charge in [0.15, 0.2) is 0 Å². The van der Waals surface area contributed by atoms with E-state index in [9.17, 15) is 14.4 Å². The van der Waals surface area contributed by atoms with Crippen molar-refractivity contribution in [1.82, 2.24) is 10.7 Å². The first-order chi connectivity index (χ1) is 18.0. The summed E-state index contributed by atoms with van der Waals surface area (Å²) in [6, 6.07) is 14.2. The van der Waals surface area contributed by atoms with Crippen molar-refractivity contribution >= 4 is 57.0 Å². The Morgan fingerprint density at radius 3 is 2.38 bits per heavy atom. The summed E-state index contributed by atoms with van der Waals surface area (Å²) < 4.78 is 6.37. The first kappa shape index (κ1) is 28.3. The lowest BCUT2D eigenvalue weighted by atomic mass is 10.1. The van der Waals surface area contributed by atoms with Crippen LogP contribution in [0, 0.1) is 0 Å². The van der Waals surface area contributed by atoms with Gasteiger partial charge in [0.05, 0.1) is 17.8 Å². The maximum Gasteiger partial charge on any atom is 0.355 e. The van der Waals surface area contributed by atoms with Crippen molar-refractivity contribution in [3.8, 4) is 5.75 Å². The monoisotopic (exact) mass is 541 g/mol. The van der Waals surface area contributed by atoms with Crippen LogP contribution >= 0.6 is 22.9 Å². The second-order valence-electron chi connectivity index (χ2n) is 8.64. The predicted molar refractivity (Wildman–Crippen MR) is 150 cm³/mol. The van der Waals surface area contributed by atoms with Crippen LogP contribution in [0.4, 0.5) is 0 Å². The van der Waals surface area contributed by atoms with E-state index in [0.29, 0.717) is 27.6 Å². The van der Waals surface area contributed by atoms with Gasteiger partial charge < -0.3 is 10.1 Å². The van der Waals surface area contributed by atoms with Gasteiger partial charge in [0.1, 0.15) is 10.6 Å². The molecular formula is C28H32ClN3O4S. The van der Waals surface area contributed by atoms with Crippen molar-refractivity contribution in [3.63, 3.8) is 0 Å². The van der Waals surface area contributed by atoms with E-state index in [0.717, 1.165) is 29.3 Å². The van der Waals surface area contributed by atoms with Crippen molar-refractivity contribution in [1.29, 1.82) is 0 Å². The average Bonchev–Trinajstić information content (AvgIpc) is 3.24. The number of hydrogen-bond donors (Lipinski definition) is 2. The van der Waals surface area contributed by atoms with Crippen LogP contribution < -0.4 is 15.5 Å². The number of nitrogens with zero attached hydrogens (tertiary/aromatic N) is 1. The number of hydrazone groups is 1. The molecule has 2 amide bonds. The number of halogens is 1. The van der Waals surface area contributed by atoms with E-state index < -0.39 is 11.9 Å². The fourth-order valence-corrected chi connectivity index (χ4v) is 5.03. The molecule has 0 radical (unpaired) electrons. The van der Waals surface area contributed by atoms with Gasteiger partial charge in [-0.25, -0.2) is 10.2 Å². The van der Waals surface area contributed by atoms with E-state index in [2.05, 4.69) is 22.8 Å². The highest BCUT2D eigenvalue weighted by Gasteiger charge is 2.18. The summed E-state index contributed by atoms with van der Waals surface area (Å²) in [4.78, 5) is 36.7. The number of rotatable bonds is 14. The van der Waals surface area contributed by atoms with Crippen molar-refractivity contribution in [2.24, 2.45) is 5.10 Å². The molecule has 0 atom stereocenters. The summed E-state index contributed by atoms with van der Waals surface area (Å²) >= 11 is 7.64. The predicted octanol–water partition coefficient (Wildman–Crippen LogP) is 6.48. The van der Waals surface area contributed by atoms with Crippen LogP contribution in [0.5, 0.6) is 5.75 Å². The van der Waals surface area contributed by atoms with Gasteiger partial charge in [-0.1, -0.05) is 75.2 Å². The molecular weight excluding hydrogens is 510 g/mol. The van der Waals surface area contributed by atoms with Gasteiger partial charge in [-0.3, -0.25) is 9.59 Å². The SMILES string of the molecule is CCCCCCCCCC(=O)NCC(=O)N/N=C/c1ccc(OC(=O)c2sc3ccccc3c2Cl)cc1. The molecule has 2 N–H and O–H groups in total. The van der Waals surface area contributed by atoms with Gasteiger partial charge in [0.2, 0.25) is 5.91 Å². The van der Waals surface area contributed by atoms with E-state index in [1.807, 2.05) is 24.3 Å². The third-order valence-electron chi connectivity index (χ3n) is 5.67. The fourth-order valence-electron chi connectivity index (χ4n) is 3.65. The number of unbranched alkanes of at least 4 members (excludes halogenated alkanes) is 6. The molecule has 0 aliphatic heterocycles. The third kappa shape index (κ3) is 9.30. The van der Waals surface area contributed by atoms with Gasteiger partial charge in [0, 0.05) is 16.5 Å². The van der Waals surface area contributed by atoms with E-state index in [1.165, 1.54) is 43.2 Å². The topological polar surface area (TPSA) is 96.9 Å². The van der Waals surface area contributed by atoms with Gasteiger partial charge in [-0.15, -0.1) is 11.3 Å². The minimum Gasteiger partial charge on any atom is -0.422 e. The highest BCUT2D eigenvalue weighted by Crippen LogP contribution is 2.35. The summed E-state index contributed by atoms with van der Waals surface area (Å²) in [5, 5.41) is 7.73. The number of fused-ring (bicyclic) bond motifs is 1. The van der Waals surface area contributed by atoms with Crippen LogP contribution in [-0.4, -0.2) is 30.5 Å². The number of hydrogen-bond acceptors (Lipinski definition) is 6. The Morgan fingerprint density at radius 2 is 1.65 bits per heavy atom. The number of amides is 2. The summed E-state index contributed by atoms with van der Waals surface area (Å²) in [6.07, 6.45) is 9.86. The number of ether oxygens (including phenoxy) is 1. The van der Waals surface area contributed by atoms with Gasteiger partial charge in [-0.2, -0.15) is 5.10 Å². The number of esters is 1. The molecule has 7 nitrogen and oxygen atoms in total. The lowest BCUT2D eigenvalue weighted by Gasteiger charge is -2.05. The van der Waals surface area contributed by atoms with Crippen LogP contribution in [0.15, 0.2) is 53.6 Å². The van der Waals surface area contributed by atoms with Gasteiger partial charge in [0.25, 0.3) is 5.91 Å². The van der Waals surface area contributed by atoms with Crippen LogP contribution in [0.25, 0.3) is 10.1 Å². The highest BCUT2D eigenvalue weighted by atomic mass is 35.5. The molecule has 0 aliphatic carbocycles. The second kappa shape index (κ2) is 15.1. The molecule has 0 unspecified atom stereocenters. The molecule has 3 rings (SSSR count). The Hall–Kier alpha value is -3.23. The fraction of sp³-hybridized carbons (Fsp3) is 0.357. The van der Waals surface area contributed by atoms with Crippen molar-refractivity contribution < 1.29 is 19.1 Å². The zero-order valence-electron chi connectivity index (χ0n) is 20.9. The van der Waals surface area contributed by atoms with Crippen molar-refractivity contribution in [2.75, 3.05) is 6.54 Å². The highest BCUT2D eigenvalue weighted by molar-refractivity contribution is 7.21. The molecule has 3 aromatic rings. The molecule has 0 bridgehead atoms. The Bertz CT molecular complexity index is 1220.